The van der Waals surface area contributed by atoms with Crippen molar-refractivity contribution in [3.63, 3.8) is 0 Å². The number of carboxylic acid groups (broad SMARTS) is 1. The van der Waals surface area contributed by atoms with Gasteiger partial charge in [-0.25, -0.2) is 0 Å². The average molecular weight is 226 g/mol. The summed E-state index contributed by atoms with van der Waals surface area (Å²) in [5.74, 6) is -1.82. The molecule has 0 spiro atoms. The number of thioether (sulfide) groups is 1. The van der Waals surface area contributed by atoms with E-state index >= 15 is 0 Å². The Morgan fingerprint density at radius 1 is 1.27 bits per heavy atom. The van der Waals surface area contributed by atoms with Gasteiger partial charge in [-0.3, -0.25) is 9.59 Å². The van der Waals surface area contributed by atoms with Gasteiger partial charge in [0.25, 0.3) is 0 Å². The van der Waals surface area contributed by atoms with Crippen molar-refractivity contribution in [2.45, 2.75) is 5.44 Å². The van der Waals surface area contributed by atoms with Gasteiger partial charge in [0.1, 0.15) is 0 Å². The van der Waals surface area contributed by atoms with Crippen molar-refractivity contribution in [3.8, 4) is 0 Å². The maximum Gasteiger partial charge on any atom is 0.313 e. The standard InChI is InChI=1S/C10H10O4S/c11-8(12)6-15-10(14)9(13)7-4-2-1-3-5-7/h1-5,10,14H,6H2,(H,11,12). The van der Waals surface area contributed by atoms with Gasteiger partial charge in [0.2, 0.25) is 5.78 Å². The van der Waals surface area contributed by atoms with Gasteiger partial charge in [-0.1, -0.05) is 30.3 Å². The Kier molecular flexibility index (Phi) is 4.33. The van der Waals surface area contributed by atoms with Crippen LogP contribution in [-0.2, 0) is 4.79 Å². The van der Waals surface area contributed by atoms with Gasteiger partial charge in [-0.2, -0.15) is 0 Å². The molecule has 1 atom stereocenters. The Bertz CT molecular complexity index is 350. The molecular weight excluding hydrogens is 216 g/mol. The lowest BCUT2D eigenvalue weighted by Gasteiger charge is -2.07. The molecule has 4 nitrogen and oxygen atoms in total. The van der Waals surface area contributed by atoms with Gasteiger partial charge in [0.15, 0.2) is 5.44 Å². The van der Waals surface area contributed by atoms with Crippen LogP contribution >= 0.6 is 11.8 Å². The maximum atomic E-state index is 11.5. The average Bonchev–Trinajstić information content (AvgIpc) is 2.26. The van der Waals surface area contributed by atoms with Gasteiger partial charge in [0.05, 0.1) is 5.75 Å². The Labute approximate surface area is 90.9 Å². The predicted octanol–water partition coefficient (Wildman–Crippen LogP) is 1.01. The molecule has 1 rings (SSSR count). The molecular formula is C10H10O4S. The van der Waals surface area contributed by atoms with E-state index in [0.717, 1.165) is 0 Å². The molecule has 0 fully saturated rings. The van der Waals surface area contributed by atoms with Gasteiger partial charge >= 0.3 is 5.97 Å². The molecule has 0 saturated heterocycles. The molecule has 0 radical (unpaired) electrons. The van der Waals surface area contributed by atoms with E-state index in [9.17, 15) is 14.7 Å². The molecule has 0 aromatic heterocycles. The second kappa shape index (κ2) is 5.53. The SMILES string of the molecule is O=C(O)CSC(O)C(=O)c1ccccc1. The summed E-state index contributed by atoms with van der Waals surface area (Å²) in [6, 6.07) is 8.27. The monoisotopic (exact) mass is 226 g/mol. The van der Waals surface area contributed by atoms with Crippen molar-refractivity contribution in [3.05, 3.63) is 35.9 Å². The number of aliphatic hydroxyl groups excluding tert-OH is 1. The number of aliphatic carboxylic acids is 1. The van der Waals surface area contributed by atoms with Crippen LogP contribution in [0.25, 0.3) is 0 Å². The van der Waals surface area contributed by atoms with E-state index < -0.39 is 17.2 Å². The largest absolute Gasteiger partial charge is 0.481 e. The number of aliphatic hydroxyl groups is 1. The summed E-state index contributed by atoms with van der Waals surface area (Å²) >= 11 is 0.694. The molecule has 1 aromatic rings. The third-order valence-electron chi connectivity index (χ3n) is 1.65. The fourth-order valence-corrected chi connectivity index (χ4v) is 1.56. The number of ketones is 1. The first-order valence-electron chi connectivity index (χ1n) is 4.22. The first-order valence-corrected chi connectivity index (χ1v) is 5.27. The van der Waals surface area contributed by atoms with E-state index in [1.165, 1.54) is 0 Å². The second-order valence-corrected chi connectivity index (χ2v) is 3.86. The van der Waals surface area contributed by atoms with Gasteiger partial charge < -0.3 is 10.2 Å². The van der Waals surface area contributed by atoms with E-state index in [1.807, 2.05) is 0 Å². The topological polar surface area (TPSA) is 74.6 Å². The van der Waals surface area contributed by atoms with Crippen LogP contribution in [0.15, 0.2) is 30.3 Å². The predicted molar refractivity (Wildman–Crippen MR) is 56.9 cm³/mol. The molecule has 0 saturated carbocycles. The van der Waals surface area contributed by atoms with Crippen molar-refractivity contribution in [1.82, 2.24) is 0 Å². The summed E-state index contributed by atoms with van der Waals surface area (Å²) in [4.78, 5) is 21.7. The highest BCUT2D eigenvalue weighted by Crippen LogP contribution is 2.13. The van der Waals surface area contributed by atoms with Crippen molar-refractivity contribution in [1.29, 1.82) is 0 Å². The zero-order chi connectivity index (χ0) is 11.3. The highest BCUT2D eigenvalue weighted by molar-refractivity contribution is 8.01. The Balaban J connectivity index is 2.57. The van der Waals surface area contributed by atoms with Gasteiger partial charge in [0, 0.05) is 5.56 Å². The van der Waals surface area contributed by atoms with E-state index in [4.69, 9.17) is 5.11 Å². The van der Waals surface area contributed by atoms with Crippen LogP contribution in [0.5, 0.6) is 0 Å². The summed E-state index contributed by atoms with van der Waals surface area (Å²) in [5, 5.41) is 17.7. The van der Waals surface area contributed by atoms with Crippen LogP contribution in [0.4, 0.5) is 0 Å². The number of carboxylic acids is 1. The summed E-state index contributed by atoms with van der Waals surface area (Å²) in [5.41, 5.74) is -0.939. The van der Waals surface area contributed by atoms with E-state index in [1.54, 1.807) is 30.3 Å². The smallest absolute Gasteiger partial charge is 0.313 e. The molecule has 80 valence electrons. The van der Waals surface area contributed by atoms with Crippen LogP contribution in [0.1, 0.15) is 10.4 Å². The number of hydrogen-bond acceptors (Lipinski definition) is 4. The number of hydrogen-bond donors (Lipinski definition) is 2. The van der Waals surface area contributed by atoms with Crippen LogP contribution in [0.2, 0.25) is 0 Å². The normalized spacial score (nSPS) is 12.1. The Morgan fingerprint density at radius 3 is 2.40 bits per heavy atom. The highest BCUT2D eigenvalue weighted by atomic mass is 32.2. The molecule has 2 N–H and O–H groups in total. The second-order valence-electron chi connectivity index (χ2n) is 2.79. The zero-order valence-electron chi connectivity index (χ0n) is 7.79. The highest BCUT2D eigenvalue weighted by Gasteiger charge is 2.18. The molecule has 1 aromatic carbocycles. The summed E-state index contributed by atoms with van der Waals surface area (Å²) in [6.07, 6.45) is 0. The molecule has 0 aliphatic heterocycles. The molecule has 5 heteroatoms. The molecule has 15 heavy (non-hydrogen) atoms. The number of rotatable bonds is 5. The molecule has 1 unspecified atom stereocenters. The Hall–Kier alpha value is -1.33. The van der Waals surface area contributed by atoms with Gasteiger partial charge in [-0.15, -0.1) is 11.8 Å². The molecule has 0 aliphatic rings. The van der Waals surface area contributed by atoms with Gasteiger partial charge in [-0.05, 0) is 0 Å². The minimum absolute atomic E-state index is 0.292. The lowest BCUT2D eigenvalue weighted by molar-refractivity contribution is -0.133. The van der Waals surface area contributed by atoms with Crippen molar-refractivity contribution in [2.75, 3.05) is 5.75 Å². The van der Waals surface area contributed by atoms with Crippen molar-refractivity contribution >= 4 is 23.5 Å². The minimum Gasteiger partial charge on any atom is -0.481 e. The van der Waals surface area contributed by atoms with Crippen molar-refractivity contribution in [2.24, 2.45) is 0 Å². The number of Topliss-reactive ketones (excluding diaryl/α,β-unsaturated/α-hetero) is 1. The zero-order valence-corrected chi connectivity index (χ0v) is 8.61. The summed E-state index contributed by atoms with van der Waals surface area (Å²) < 4.78 is 0. The van der Waals surface area contributed by atoms with Crippen molar-refractivity contribution < 1.29 is 19.8 Å². The molecule has 0 amide bonds. The van der Waals surface area contributed by atoms with Crippen LogP contribution < -0.4 is 0 Å². The molecule has 0 heterocycles. The number of carbonyl (C=O) groups is 2. The molecule has 0 bridgehead atoms. The van der Waals surface area contributed by atoms with E-state index in [0.29, 0.717) is 17.3 Å². The fourth-order valence-electron chi connectivity index (χ4n) is 0.971. The summed E-state index contributed by atoms with van der Waals surface area (Å²) in [6.45, 7) is 0. The summed E-state index contributed by atoms with van der Waals surface area (Å²) in [7, 11) is 0. The van der Waals surface area contributed by atoms with Crippen LogP contribution in [-0.4, -0.2) is 33.2 Å². The number of carbonyl (C=O) groups excluding carboxylic acids is 1. The van der Waals surface area contributed by atoms with E-state index in [-0.39, 0.29) is 5.75 Å². The lowest BCUT2D eigenvalue weighted by Crippen LogP contribution is -2.18. The first-order chi connectivity index (χ1) is 7.11. The van der Waals surface area contributed by atoms with E-state index in [2.05, 4.69) is 0 Å². The van der Waals surface area contributed by atoms with Crippen LogP contribution in [0, 0.1) is 0 Å². The van der Waals surface area contributed by atoms with Crippen LogP contribution in [0.3, 0.4) is 0 Å². The first kappa shape index (κ1) is 11.7. The Morgan fingerprint density at radius 2 is 1.87 bits per heavy atom. The molecule has 0 aliphatic carbocycles. The number of benzene rings is 1. The maximum absolute atomic E-state index is 11.5. The minimum atomic E-state index is -1.32. The lowest BCUT2D eigenvalue weighted by atomic mass is 10.1. The fraction of sp³-hybridized carbons (Fsp3) is 0.200. The quantitative estimate of drug-likeness (QED) is 0.579. The third-order valence-corrected chi connectivity index (χ3v) is 2.59. The third kappa shape index (κ3) is 3.73.